The Bertz CT molecular complexity index is 581. The molecule has 0 aliphatic carbocycles. The highest BCUT2D eigenvalue weighted by atomic mass is 35.5. The maximum Gasteiger partial charge on any atom is 0.255 e. The SMILES string of the molecule is Cc1cc(C(=O)Nc2cccnc2Cl)cc(Cl)n1. The van der Waals surface area contributed by atoms with Crippen LogP contribution in [0.4, 0.5) is 5.69 Å². The van der Waals surface area contributed by atoms with E-state index in [9.17, 15) is 4.79 Å². The Morgan fingerprint density at radius 2 is 2.11 bits per heavy atom. The van der Waals surface area contributed by atoms with Crippen LogP contribution in [0.1, 0.15) is 16.1 Å². The number of amides is 1. The molecule has 1 N–H and O–H groups in total. The molecule has 2 aromatic heterocycles. The van der Waals surface area contributed by atoms with Crippen molar-refractivity contribution in [2.75, 3.05) is 5.32 Å². The van der Waals surface area contributed by atoms with Crippen molar-refractivity contribution in [2.45, 2.75) is 6.92 Å². The largest absolute Gasteiger partial charge is 0.319 e. The normalized spacial score (nSPS) is 10.2. The topological polar surface area (TPSA) is 54.9 Å². The van der Waals surface area contributed by atoms with Crippen molar-refractivity contribution < 1.29 is 4.79 Å². The zero-order chi connectivity index (χ0) is 13.1. The molecule has 0 saturated carbocycles. The van der Waals surface area contributed by atoms with E-state index in [1.165, 1.54) is 6.07 Å². The van der Waals surface area contributed by atoms with Crippen molar-refractivity contribution in [3.05, 3.63) is 52.0 Å². The second kappa shape index (κ2) is 5.33. The predicted molar refractivity (Wildman–Crippen MR) is 71.2 cm³/mol. The van der Waals surface area contributed by atoms with Gasteiger partial charge in [0.25, 0.3) is 5.91 Å². The number of nitrogens with one attached hydrogen (secondary N) is 1. The molecule has 0 bridgehead atoms. The van der Waals surface area contributed by atoms with Crippen LogP contribution in [0.5, 0.6) is 0 Å². The van der Waals surface area contributed by atoms with E-state index in [1.807, 2.05) is 0 Å². The quantitative estimate of drug-likeness (QED) is 0.859. The lowest BCUT2D eigenvalue weighted by Crippen LogP contribution is -2.13. The van der Waals surface area contributed by atoms with Crippen LogP contribution in [0, 0.1) is 6.92 Å². The first kappa shape index (κ1) is 12.8. The Morgan fingerprint density at radius 3 is 2.78 bits per heavy atom. The van der Waals surface area contributed by atoms with Crippen LogP contribution >= 0.6 is 23.2 Å². The fraction of sp³-hybridized carbons (Fsp3) is 0.0833. The molecule has 4 nitrogen and oxygen atoms in total. The standard InChI is InChI=1S/C12H9Cl2N3O/c1-7-5-8(6-10(13)16-7)12(18)17-9-3-2-4-15-11(9)14/h2-6H,1H3,(H,17,18). The number of anilines is 1. The summed E-state index contributed by atoms with van der Waals surface area (Å²) in [6, 6.07) is 6.49. The Balaban J connectivity index is 2.25. The first-order valence-electron chi connectivity index (χ1n) is 5.12. The van der Waals surface area contributed by atoms with E-state index in [-0.39, 0.29) is 16.2 Å². The lowest BCUT2D eigenvalue weighted by molar-refractivity contribution is 0.102. The second-order valence-electron chi connectivity index (χ2n) is 3.62. The molecule has 0 radical (unpaired) electrons. The molecule has 1 amide bonds. The first-order valence-corrected chi connectivity index (χ1v) is 5.88. The van der Waals surface area contributed by atoms with Gasteiger partial charge < -0.3 is 5.32 Å². The minimum absolute atomic E-state index is 0.239. The van der Waals surface area contributed by atoms with Gasteiger partial charge in [-0.15, -0.1) is 0 Å². The van der Waals surface area contributed by atoms with Gasteiger partial charge in [0.1, 0.15) is 5.15 Å². The summed E-state index contributed by atoms with van der Waals surface area (Å²) >= 11 is 11.7. The Hall–Kier alpha value is -1.65. The van der Waals surface area contributed by atoms with Crippen molar-refractivity contribution in [3.63, 3.8) is 0 Å². The van der Waals surface area contributed by atoms with Crippen molar-refractivity contribution in [3.8, 4) is 0 Å². The van der Waals surface area contributed by atoms with E-state index in [0.29, 0.717) is 16.9 Å². The molecule has 92 valence electrons. The number of aromatic nitrogens is 2. The van der Waals surface area contributed by atoms with E-state index < -0.39 is 0 Å². The van der Waals surface area contributed by atoms with Gasteiger partial charge in [-0.3, -0.25) is 4.79 Å². The highest BCUT2D eigenvalue weighted by molar-refractivity contribution is 6.32. The third-order valence-corrected chi connectivity index (χ3v) is 2.69. The predicted octanol–water partition coefficient (Wildman–Crippen LogP) is 3.34. The lowest BCUT2D eigenvalue weighted by Gasteiger charge is -2.07. The van der Waals surface area contributed by atoms with Gasteiger partial charge in [-0.2, -0.15) is 0 Å². The average molecular weight is 282 g/mol. The molecule has 0 saturated heterocycles. The number of hydrogen-bond acceptors (Lipinski definition) is 3. The zero-order valence-electron chi connectivity index (χ0n) is 9.45. The Morgan fingerprint density at radius 1 is 1.33 bits per heavy atom. The van der Waals surface area contributed by atoms with Crippen LogP contribution in [0.15, 0.2) is 30.5 Å². The maximum absolute atomic E-state index is 12.0. The van der Waals surface area contributed by atoms with E-state index >= 15 is 0 Å². The molecule has 2 heterocycles. The van der Waals surface area contributed by atoms with Crippen LogP contribution in [-0.2, 0) is 0 Å². The molecule has 0 fully saturated rings. The minimum atomic E-state index is -0.308. The molecule has 0 aliphatic heterocycles. The summed E-state index contributed by atoms with van der Waals surface area (Å²) in [6.45, 7) is 1.76. The van der Waals surface area contributed by atoms with Crippen LogP contribution in [-0.4, -0.2) is 15.9 Å². The highest BCUT2D eigenvalue weighted by Gasteiger charge is 2.10. The third kappa shape index (κ3) is 2.97. The van der Waals surface area contributed by atoms with E-state index in [1.54, 1.807) is 31.3 Å². The van der Waals surface area contributed by atoms with Crippen molar-refractivity contribution >= 4 is 34.8 Å². The van der Waals surface area contributed by atoms with E-state index in [0.717, 1.165) is 0 Å². The highest BCUT2D eigenvalue weighted by Crippen LogP contribution is 2.19. The van der Waals surface area contributed by atoms with Gasteiger partial charge in [0.2, 0.25) is 0 Å². The molecule has 0 aromatic carbocycles. The summed E-state index contributed by atoms with van der Waals surface area (Å²) in [6.07, 6.45) is 1.55. The van der Waals surface area contributed by atoms with Gasteiger partial charge in [0, 0.05) is 17.5 Å². The average Bonchev–Trinajstić information content (AvgIpc) is 2.31. The molecular weight excluding hydrogens is 273 g/mol. The number of pyridine rings is 2. The molecule has 0 atom stereocenters. The lowest BCUT2D eigenvalue weighted by atomic mass is 10.2. The zero-order valence-corrected chi connectivity index (χ0v) is 11.0. The summed E-state index contributed by atoms with van der Waals surface area (Å²) in [4.78, 5) is 19.8. The molecule has 0 unspecified atom stereocenters. The third-order valence-electron chi connectivity index (χ3n) is 2.19. The van der Waals surface area contributed by atoms with Crippen LogP contribution in [0.2, 0.25) is 10.3 Å². The molecular formula is C12H9Cl2N3O. The van der Waals surface area contributed by atoms with Gasteiger partial charge >= 0.3 is 0 Å². The summed E-state index contributed by atoms with van der Waals surface area (Å²) in [5.74, 6) is -0.308. The fourth-order valence-corrected chi connectivity index (χ4v) is 1.85. The van der Waals surface area contributed by atoms with Crippen LogP contribution < -0.4 is 5.32 Å². The Kier molecular flexibility index (Phi) is 3.79. The summed E-state index contributed by atoms with van der Waals surface area (Å²) in [7, 11) is 0. The first-order chi connectivity index (χ1) is 8.56. The molecule has 0 aliphatic rings. The number of nitrogens with zero attached hydrogens (tertiary/aromatic N) is 2. The molecule has 6 heteroatoms. The minimum Gasteiger partial charge on any atom is -0.319 e. The number of carbonyl (C=O) groups is 1. The molecule has 18 heavy (non-hydrogen) atoms. The van der Waals surface area contributed by atoms with Crippen LogP contribution in [0.25, 0.3) is 0 Å². The number of hydrogen-bond donors (Lipinski definition) is 1. The van der Waals surface area contributed by atoms with Crippen LogP contribution in [0.3, 0.4) is 0 Å². The molecule has 0 spiro atoms. The maximum atomic E-state index is 12.0. The van der Waals surface area contributed by atoms with Crippen molar-refractivity contribution in [2.24, 2.45) is 0 Å². The number of aryl methyl sites for hydroxylation is 1. The summed E-state index contributed by atoms with van der Waals surface area (Å²) < 4.78 is 0. The number of halogens is 2. The summed E-state index contributed by atoms with van der Waals surface area (Å²) in [5, 5.41) is 3.18. The number of carbonyl (C=O) groups excluding carboxylic acids is 1. The van der Waals surface area contributed by atoms with E-state index in [2.05, 4.69) is 15.3 Å². The van der Waals surface area contributed by atoms with E-state index in [4.69, 9.17) is 23.2 Å². The molecule has 2 aromatic rings. The van der Waals surface area contributed by atoms with Crippen molar-refractivity contribution in [1.82, 2.24) is 9.97 Å². The van der Waals surface area contributed by atoms with Gasteiger partial charge in [0.15, 0.2) is 5.15 Å². The smallest absolute Gasteiger partial charge is 0.255 e. The molecule has 2 rings (SSSR count). The second-order valence-corrected chi connectivity index (χ2v) is 4.36. The monoisotopic (exact) mass is 281 g/mol. The Labute approximate surface area is 114 Å². The number of rotatable bonds is 2. The van der Waals surface area contributed by atoms with Gasteiger partial charge in [-0.1, -0.05) is 23.2 Å². The fourth-order valence-electron chi connectivity index (χ4n) is 1.43. The summed E-state index contributed by atoms with van der Waals surface area (Å²) in [5.41, 5.74) is 1.55. The van der Waals surface area contributed by atoms with Gasteiger partial charge in [0.05, 0.1) is 5.69 Å². The van der Waals surface area contributed by atoms with Gasteiger partial charge in [-0.25, -0.2) is 9.97 Å². The van der Waals surface area contributed by atoms with Gasteiger partial charge in [-0.05, 0) is 31.2 Å². The van der Waals surface area contributed by atoms with Crippen molar-refractivity contribution in [1.29, 1.82) is 0 Å².